The summed E-state index contributed by atoms with van der Waals surface area (Å²) >= 11 is 0. The number of nitriles is 1. The molecule has 1 rings (SSSR count). The Kier molecular flexibility index (Phi) is 3.23. The van der Waals surface area contributed by atoms with Gasteiger partial charge in [0, 0.05) is 6.54 Å². The third-order valence-corrected chi connectivity index (χ3v) is 2.36. The number of alkyl carbamates (subject to hydrolysis) is 1. The van der Waals surface area contributed by atoms with Gasteiger partial charge in [0.05, 0.1) is 11.5 Å². The van der Waals surface area contributed by atoms with E-state index >= 15 is 0 Å². The van der Waals surface area contributed by atoms with Gasteiger partial charge in [0.2, 0.25) is 0 Å². The Morgan fingerprint density at radius 1 is 1.53 bits per heavy atom. The largest absolute Gasteiger partial charge is 0.444 e. The van der Waals surface area contributed by atoms with E-state index in [1.54, 1.807) is 0 Å². The molecule has 4 heteroatoms. The minimum Gasteiger partial charge on any atom is -0.444 e. The molecular formula is C11H18N2O2. The van der Waals surface area contributed by atoms with Gasteiger partial charge in [0.1, 0.15) is 5.60 Å². The van der Waals surface area contributed by atoms with Gasteiger partial charge < -0.3 is 10.1 Å². The maximum atomic E-state index is 11.2. The van der Waals surface area contributed by atoms with Crippen LogP contribution in [-0.4, -0.2) is 18.2 Å². The zero-order valence-corrected chi connectivity index (χ0v) is 9.59. The highest BCUT2D eigenvalue weighted by atomic mass is 16.6. The summed E-state index contributed by atoms with van der Waals surface area (Å²) in [6, 6.07) is 2.28. The fourth-order valence-corrected chi connectivity index (χ4v) is 1.29. The molecule has 1 fully saturated rings. The number of nitrogens with one attached hydrogen (secondary N) is 1. The van der Waals surface area contributed by atoms with Crippen LogP contribution < -0.4 is 5.32 Å². The van der Waals surface area contributed by atoms with Gasteiger partial charge in [-0.3, -0.25) is 0 Å². The van der Waals surface area contributed by atoms with E-state index in [0.29, 0.717) is 6.54 Å². The molecule has 0 aromatic rings. The zero-order valence-electron chi connectivity index (χ0n) is 9.59. The third kappa shape index (κ3) is 4.20. The second-order valence-corrected chi connectivity index (χ2v) is 5.07. The first-order valence-corrected chi connectivity index (χ1v) is 5.25. The summed E-state index contributed by atoms with van der Waals surface area (Å²) < 4.78 is 5.07. The topological polar surface area (TPSA) is 62.1 Å². The van der Waals surface area contributed by atoms with E-state index < -0.39 is 11.7 Å². The van der Waals surface area contributed by atoms with Crippen molar-refractivity contribution >= 4 is 6.09 Å². The molecule has 0 unspecified atom stereocenters. The number of carbonyl (C=O) groups is 1. The number of hydrogen-bond acceptors (Lipinski definition) is 3. The molecule has 84 valence electrons. The molecule has 0 aliphatic heterocycles. The van der Waals surface area contributed by atoms with Crippen LogP contribution in [0.2, 0.25) is 0 Å². The predicted octanol–water partition coefficient (Wildman–Crippen LogP) is 2.20. The minimum absolute atomic E-state index is 0.158. The van der Waals surface area contributed by atoms with E-state index in [4.69, 9.17) is 10.00 Å². The second-order valence-electron chi connectivity index (χ2n) is 5.07. The van der Waals surface area contributed by atoms with Crippen LogP contribution in [0.15, 0.2) is 0 Å². The first-order valence-electron chi connectivity index (χ1n) is 5.25. The van der Waals surface area contributed by atoms with Crippen molar-refractivity contribution in [2.75, 3.05) is 6.54 Å². The summed E-state index contributed by atoms with van der Waals surface area (Å²) in [6.07, 6.45) is 2.23. The standard InChI is InChI=1S/C11H18N2O2/c1-10(2,3)15-9(14)13-7-6-11(8-12)4-5-11/h4-7H2,1-3H3,(H,13,14). The monoisotopic (exact) mass is 210 g/mol. The van der Waals surface area contributed by atoms with Crippen LogP contribution in [0.3, 0.4) is 0 Å². The maximum absolute atomic E-state index is 11.2. The highest BCUT2D eigenvalue weighted by Crippen LogP contribution is 2.47. The fourth-order valence-electron chi connectivity index (χ4n) is 1.29. The van der Waals surface area contributed by atoms with E-state index in [2.05, 4.69) is 11.4 Å². The van der Waals surface area contributed by atoms with Crippen molar-refractivity contribution in [2.45, 2.75) is 45.6 Å². The molecule has 1 saturated carbocycles. The molecule has 0 bridgehead atoms. The Morgan fingerprint density at radius 3 is 2.53 bits per heavy atom. The number of nitrogens with zero attached hydrogens (tertiary/aromatic N) is 1. The van der Waals surface area contributed by atoms with Crippen LogP contribution in [0.5, 0.6) is 0 Å². The average Bonchev–Trinajstić information content (AvgIpc) is 2.82. The van der Waals surface area contributed by atoms with Crippen molar-refractivity contribution in [3.8, 4) is 6.07 Å². The van der Waals surface area contributed by atoms with Crippen LogP contribution in [0.25, 0.3) is 0 Å². The molecule has 1 N–H and O–H groups in total. The number of hydrogen-bond donors (Lipinski definition) is 1. The van der Waals surface area contributed by atoms with Crippen LogP contribution in [0, 0.1) is 16.7 Å². The highest BCUT2D eigenvalue weighted by molar-refractivity contribution is 5.67. The zero-order chi connectivity index (χ0) is 11.5. The molecule has 1 amide bonds. The SMILES string of the molecule is CC(C)(C)OC(=O)NCCC1(C#N)CC1. The van der Waals surface area contributed by atoms with Crippen molar-refractivity contribution in [1.29, 1.82) is 5.26 Å². The number of amides is 1. The Labute approximate surface area is 90.6 Å². The quantitative estimate of drug-likeness (QED) is 0.776. The lowest BCUT2D eigenvalue weighted by Gasteiger charge is -2.19. The van der Waals surface area contributed by atoms with Gasteiger partial charge in [-0.1, -0.05) is 0 Å². The molecule has 0 saturated heterocycles. The van der Waals surface area contributed by atoms with Gasteiger partial charge in [-0.2, -0.15) is 5.26 Å². The third-order valence-electron chi connectivity index (χ3n) is 2.36. The molecule has 1 aliphatic rings. The summed E-state index contributed by atoms with van der Waals surface area (Å²) in [5, 5.41) is 11.5. The van der Waals surface area contributed by atoms with E-state index in [1.807, 2.05) is 20.8 Å². The van der Waals surface area contributed by atoms with E-state index in [1.165, 1.54) is 0 Å². The highest BCUT2D eigenvalue weighted by Gasteiger charge is 2.42. The minimum atomic E-state index is -0.462. The Bertz CT molecular complexity index is 282. The first-order chi connectivity index (χ1) is 6.87. The van der Waals surface area contributed by atoms with Gasteiger partial charge >= 0.3 is 6.09 Å². The Balaban J connectivity index is 2.16. The summed E-state index contributed by atoms with van der Waals surface area (Å²) in [6.45, 7) is 5.99. The van der Waals surface area contributed by atoms with Gasteiger partial charge in [-0.05, 0) is 40.0 Å². The maximum Gasteiger partial charge on any atom is 0.407 e. The predicted molar refractivity (Wildman–Crippen MR) is 56.1 cm³/mol. The van der Waals surface area contributed by atoms with Gasteiger partial charge in [-0.25, -0.2) is 4.79 Å². The Morgan fingerprint density at radius 2 is 2.13 bits per heavy atom. The molecule has 0 aromatic carbocycles. The van der Waals surface area contributed by atoms with Crippen molar-refractivity contribution in [2.24, 2.45) is 5.41 Å². The van der Waals surface area contributed by atoms with Crippen molar-refractivity contribution < 1.29 is 9.53 Å². The number of ether oxygens (including phenoxy) is 1. The molecule has 15 heavy (non-hydrogen) atoms. The van der Waals surface area contributed by atoms with Gasteiger partial charge in [0.25, 0.3) is 0 Å². The molecule has 4 nitrogen and oxygen atoms in total. The molecule has 0 spiro atoms. The number of rotatable bonds is 3. The lowest BCUT2D eigenvalue weighted by atomic mass is 10.1. The second kappa shape index (κ2) is 4.09. The smallest absolute Gasteiger partial charge is 0.407 e. The van der Waals surface area contributed by atoms with E-state index in [0.717, 1.165) is 19.3 Å². The van der Waals surface area contributed by atoms with Crippen molar-refractivity contribution in [3.05, 3.63) is 0 Å². The fraction of sp³-hybridized carbons (Fsp3) is 0.818. The summed E-state index contributed by atoms with van der Waals surface area (Å²) in [7, 11) is 0. The molecular weight excluding hydrogens is 192 g/mol. The lowest BCUT2D eigenvalue weighted by Crippen LogP contribution is -2.33. The van der Waals surface area contributed by atoms with Crippen LogP contribution in [-0.2, 0) is 4.74 Å². The van der Waals surface area contributed by atoms with Crippen molar-refractivity contribution in [3.63, 3.8) is 0 Å². The number of carbonyl (C=O) groups excluding carboxylic acids is 1. The van der Waals surface area contributed by atoms with Crippen LogP contribution in [0.1, 0.15) is 40.0 Å². The first kappa shape index (κ1) is 11.8. The molecule has 0 atom stereocenters. The van der Waals surface area contributed by atoms with Crippen molar-refractivity contribution in [1.82, 2.24) is 5.32 Å². The molecule has 1 aliphatic carbocycles. The van der Waals surface area contributed by atoms with Crippen LogP contribution in [0.4, 0.5) is 4.79 Å². The molecule has 0 radical (unpaired) electrons. The summed E-state index contributed by atoms with van der Waals surface area (Å²) in [5.74, 6) is 0. The summed E-state index contributed by atoms with van der Waals surface area (Å²) in [4.78, 5) is 11.2. The van der Waals surface area contributed by atoms with Crippen LogP contribution >= 0.6 is 0 Å². The summed E-state index contributed by atoms with van der Waals surface area (Å²) in [5.41, 5.74) is -0.619. The molecule has 0 heterocycles. The molecule has 0 aromatic heterocycles. The lowest BCUT2D eigenvalue weighted by molar-refractivity contribution is 0.0525. The average molecular weight is 210 g/mol. The van der Waals surface area contributed by atoms with Gasteiger partial charge in [0.15, 0.2) is 0 Å². The van der Waals surface area contributed by atoms with Gasteiger partial charge in [-0.15, -0.1) is 0 Å². The Hall–Kier alpha value is -1.24. The van der Waals surface area contributed by atoms with E-state index in [9.17, 15) is 4.79 Å². The van der Waals surface area contributed by atoms with E-state index in [-0.39, 0.29) is 5.41 Å². The normalized spacial score (nSPS) is 17.7.